The van der Waals surface area contributed by atoms with Gasteiger partial charge in [0.2, 0.25) is 10.0 Å². The van der Waals surface area contributed by atoms with E-state index in [1.807, 2.05) is 13.8 Å². The highest BCUT2D eigenvalue weighted by Crippen LogP contribution is 2.14. The highest BCUT2D eigenvalue weighted by atomic mass is 32.2. The first-order chi connectivity index (χ1) is 8.97. The summed E-state index contributed by atoms with van der Waals surface area (Å²) in [5.41, 5.74) is 2.02. The molecular weight excluding hydrogens is 266 g/mol. The molecule has 5 nitrogen and oxygen atoms in total. The number of sulfonamides is 1. The molecule has 0 aliphatic heterocycles. The molecule has 0 unspecified atom stereocenters. The number of aliphatic hydroxyl groups excluding tert-OH is 1. The first kappa shape index (κ1) is 16.1. The molecule has 108 valence electrons. The topological polar surface area (TPSA) is 75.6 Å². The van der Waals surface area contributed by atoms with E-state index in [1.54, 1.807) is 18.2 Å². The molecule has 1 rings (SSSR count). The number of ether oxygens (including phenoxy) is 1. The van der Waals surface area contributed by atoms with Crippen LogP contribution in [-0.2, 0) is 14.8 Å². The standard InChI is InChI=1S/C13H21NO4S/c1-11-4-5-13(10-12(11)2)19(16,17)14-6-3-8-18-9-7-15/h4-5,10,14-15H,3,6-9H2,1-2H3. The summed E-state index contributed by atoms with van der Waals surface area (Å²) in [5.74, 6) is 0. The molecule has 0 aromatic heterocycles. The normalized spacial score (nSPS) is 11.7. The Hall–Kier alpha value is -0.950. The lowest BCUT2D eigenvalue weighted by Crippen LogP contribution is -2.25. The molecule has 0 bridgehead atoms. The van der Waals surface area contributed by atoms with E-state index in [2.05, 4.69) is 4.72 Å². The van der Waals surface area contributed by atoms with Gasteiger partial charge in [-0.05, 0) is 43.5 Å². The van der Waals surface area contributed by atoms with Crippen LogP contribution in [0.3, 0.4) is 0 Å². The summed E-state index contributed by atoms with van der Waals surface area (Å²) in [4.78, 5) is 0.284. The molecule has 2 N–H and O–H groups in total. The number of hydrogen-bond acceptors (Lipinski definition) is 4. The molecule has 6 heteroatoms. The van der Waals surface area contributed by atoms with E-state index >= 15 is 0 Å². The fourth-order valence-corrected chi connectivity index (χ4v) is 2.67. The zero-order valence-electron chi connectivity index (χ0n) is 11.3. The van der Waals surface area contributed by atoms with Crippen LogP contribution in [-0.4, -0.2) is 39.9 Å². The van der Waals surface area contributed by atoms with E-state index in [0.29, 0.717) is 19.6 Å². The maximum absolute atomic E-state index is 12.0. The first-order valence-electron chi connectivity index (χ1n) is 6.23. The molecule has 0 spiro atoms. The van der Waals surface area contributed by atoms with Gasteiger partial charge in [-0.2, -0.15) is 0 Å². The average Bonchev–Trinajstić information content (AvgIpc) is 2.36. The maximum Gasteiger partial charge on any atom is 0.240 e. The number of rotatable bonds is 8. The quantitative estimate of drug-likeness (QED) is 0.699. The van der Waals surface area contributed by atoms with E-state index in [0.717, 1.165) is 11.1 Å². The Morgan fingerprint density at radius 2 is 1.95 bits per heavy atom. The summed E-state index contributed by atoms with van der Waals surface area (Å²) in [7, 11) is -3.45. The van der Waals surface area contributed by atoms with Crippen molar-refractivity contribution >= 4 is 10.0 Å². The molecule has 19 heavy (non-hydrogen) atoms. The monoisotopic (exact) mass is 287 g/mol. The second-order valence-corrected chi connectivity index (χ2v) is 6.10. The van der Waals surface area contributed by atoms with Gasteiger partial charge in [0, 0.05) is 13.2 Å². The molecule has 1 aromatic carbocycles. The molecule has 0 aliphatic carbocycles. The summed E-state index contributed by atoms with van der Waals surface area (Å²) in [5, 5.41) is 8.51. The van der Waals surface area contributed by atoms with E-state index in [9.17, 15) is 8.42 Å². The Morgan fingerprint density at radius 3 is 2.58 bits per heavy atom. The van der Waals surface area contributed by atoms with E-state index in [1.165, 1.54) is 0 Å². The van der Waals surface area contributed by atoms with Crippen LogP contribution < -0.4 is 4.72 Å². The van der Waals surface area contributed by atoms with Crippen LogP contribution in [0.2, 0.25) is 0 Å². The lowest BCUT2D eigenvalue weighted by atomic mass is 10.1. The highest BCUT2D eigenvalue weighted by molar-refractivity contribution is 7.89. The Kier molecular flexibility index (Phi) is 6.44. The third-order valence-corrected chi connectivity index (χ3v) is 4.24. The van der Waals surface area contributed by atoms with E-state index in [4.69, 9.17) is 9.84 Å². The summed E-state index contributed by atoms with van der Waals surface area (Å²) in [6, 6.07) is 5.07. The zero-order valence-corrected chi connectivity index (χ0v) is 12.2. The second kappa shape index (κ2) is 7.59. The van der Waals surface area contributed by atoms with E-state index in [-0.39, 0.29) is 18.1 Å². The Morgan fingerprint density at radius 1 is 1.21 bits per heavy atom. The minimum atomic E-state index is -3.45. The lowest BCUT2D eigenvalue weighted by Gasteiger charge is -2.08. The largest absolute Gasteiger partial charge is 0.394 e. The number of hydrogen-bond donors (Lipinski definition) is 2. The number of aliphatic hydroxyl groups is 1. The number of benzene rings is 1. The fraction of sp³-hybridized carbons (Fsp3) is 0.538. The third kappa shape index (κ3) is 5.28. The molecule has 0 fully saturated rings. The second-order valence-electron chi connectivity index (χ2n) is 4.33. The van der Waals surface area contributed by atoms with E-state index < -0.39 is 10.0 Å². The van der Waals surface area contributed by atoms with Crippen LogP contribution in [0.1, 0.15) is 17.5 Å². The molecule has 1 aromatic rings. The van der Waals surface area contributed by atoms with Gasteiger partial charge in [-0.1, -0.05) is 6.07 Å². The minimum absolute atomic E-state index is 0.0195. The summed E-state index contributed by atoms with van der Waals surface area (Å²) >= 11 is 0. The Bertz CT molecular complexity index is 499. The van der Waals surface area contributed by atoms with Crippen molar-refractivity contribution in [1.82, 2.24) is 4.72 Å². The smallest absolute Gasteiger partial charge is 0.240 e. The molecular formula is C13H21NO4S. The predicted octanol–water partition coefficient (Wildman–Crippen LogP) is 0.981. The first-order valence-corrected chi connectivity index (χ1v) is 7.71. The van der Waals surface area contributed by atoms with Crippen LogP contribution in [0.5, 0.6) is 0 Å². The Balaban J connectivity index is 2.49. The molecule has 0 amide bonds. The lowest BCUT2D eigenvalue weighted by molar-refractivity contribution is 0.0913. The van der Waals surface area contributed by atoms with Gasteiger partial charge in [-0.3, -0.25) is 0 Å². The summed E-state index contributed by atoms with van der Waals surface area (Å²) in [6.45, 7) is 4.84. The van der Waals surface area contributed by atoms with Crippen molar-refractivity contribution in [3.05, 3.63) is 29.3 Å². The van der Waals surface area contributed by atoms with Gasteiger partial charge in [0.1, 0.15) is 0 Å². The van der Waals surface area contributed by atoms with Gasteiger partial charge in [0.05, 0.1) is 18.1 Å². The van der Waals surface area contributed by atoms with Crippen molar-refractivity contribution < 1.29 is 18.3 Å². The molecule has 0 saturated carbocycles. The average molecular weight is 287 g/mol. The maximum atomic E-state index is 12.0. The summed E-state index contributed by atoms with van der Waals surface area (Å²) in [6.07, 6.45) is 0.573. The zero-order chi connectivity index (χ0) is 14.3. The van der Waals surface area contributed by atoms with Crippen LogP contribution in [0.25, 0.3) is 0 Å². The van der Waals surface area contributed by atoms with Gasteiger partial charge >= 0.3 is 0 Å². The van der Waals surface area contributed by atoms with Crippen molar-refractivity contribution in [1.29, 1.82) is 0 Å². The van der Waals surface area contributed by atoms with Gasteiger partial charge in [0.15, 0.2) is 0 Å². The van der Waals surface area contributed by atoms with Crippen LogP contribution in [0.15, 0.2) is 23.1 Å². The number of aryl methyl sites for hydroxylation is 2. The van der Waals surface area contributed by atoms with Crippen molar-refractivity contribution in [3.8, 4) is 0 Å². The van der Waals surface area contributed by atoms with Gasteiger partial charge in [-0.25, -0.2) is 13.1 Å². The molecule has 0 heterocycles. The van der Waals surface area contributed by atoms with Crippen molar-refractivity contribution in [3.63, 3.8) is 0 Å². The molecule has 0 saturated heterocycles. The molecule has 0 atom stereocenters. The predicted molar refractivity (Wildman–Crippen MR) is 73.6 cm³/mol. The minimum Gasteiger partial charge on any atom is -0.394 e. The van der Waals surface area contributed by atoms with Gasteiger partial charge < -0.3 is 9.84 Å². The molecule has 0 aliphatic rings. The fourth-order valence-electron chi connectivity index (χ4n) is 1.51. The Labute approximate surface area is 114 Å². The van der Waals surface area contributed by atoms with Crippen LogP contribution in [0, 0.1) is 13.8 Å². The van der Waals surface area contributed by atoms with Crippen molar-refractivity contribution in [2.45, 2.75) is 25.2 Å². The molecule has 0 radical (unpaired) electrons. The van der Waals surface area contributed by atoms with Crippen LogP contribution in [0.4, 0.5) is 0 Å². The highest BCUT2D eigenvalue weighted by Gasteiger charge is 2.13. The van der Waals surface area contributed by atoms with Crippen LogP contribution >= 0.6 is 0 Å². The van der Waals surface area contributed by atoms with Gasteiger partial charge in [0.25, 0.3) is 0 Å². The SMILES string of the molecule is Cc1ccc(S(=O)(=O)NCCCOCCO)cc1C. The number of nitrogens with one attached hydrogen (secondary N) is 1. The van der Waals surface area contributed by atoms with Crippen molar-refractivity contribution in [2.75, 3.05) is 26.4 Å². The summed E-state index contributed by atoms with van der Waals surface area (Å²) < 4.78 is 31.6. The van der Waals surface area contributed by atoms with Gasteiger partial charge in [-0.15, -0.1) is 0 Å². The van der Waals surface area contributed by atoms with Crippen molar-refractivity contribution in [2.24, 2.45) is 0 Å². The third-order valence-electron chi connectivity index (χ3n) is 2.78.